The number of benzene rings is 1. The molecule has 0 bridgehead atoms. The van der Waals surface area contributed by atoms with E-state index in [-0.39, 0.29) is 31.5 Å². The molecule has 4 rings (SSSR count). The summed E-state index contributed by atoms with van der Waals surface area (Å²) in [5.74, 6) is -1.17. The van der Waals surface area contributed by atoms with Crippen molar-refractivity contribution in [1.82, 2.24) is 9.88 Å². The normalized spacial score (nSPS) is 17.2. The number of nitrogens with zero attached hydrogens (tertiary/aromatic N) is 2. The zero-order chi connectivity index (χ0) is 17.6. The van der Waals surface area contributed by atoms with Crippen LogP contribution in [-0.2, 0) is 4.79 Å². The molecule has 1 amide bonds. The van der Waals surface area contributed by atoms with E-state index in [1.54, 1.807) is 17.5 Å². The van der Waals surface area contributed by atoms with Gasteiger partial charge in [0, 0.05) is 30.0 Å². The van der Waals surface area contributed by atoms with Crippen LogP contribution in [0.4, 0.5) is 4.39 Å². The summed E-state index contributed by atoms with van der Waals surface area (Å²) in [6.07, 6.45) is -1.94. The van der Waals surface area contributed by atoms with Gasteiger partial charge in [-0.2, -0.15) is 0 Å². The van der Waals surface area contributed by atoms with Gasteiger partial charge in [-0.25, -0.2) is 14.2 Å². The van der Waals surface area contributed by atoms with E-state index in [1.165, 1.54) is 16.2 Å². The van der Waals surface area contributed by atoms with E-state index >= 15 is 0 Å². The van der Waals surface area contributed by atoms with Gasteiger partial charge in [0.2, 0.25) is 13.0 Å². The van der Waals surface area contributed by atoms with Gasteiger partial charge in [-0.05, 0) is 18.2 Å². The second kappa shape index (κ2) is 5.99. The lowest BCUT2D eigenvalue weighted by atomic mass is 9.94. The van der Waals surface area contributed by atoms with Gasteiger partial charge in [0.05, 0.1) is 0 Å². The molecule has 2 aromatic rings. The summed E-state index contributed by atoms with van der Waals surface area (Å²) in [6.45, 7) is 0.356. The Hall–Kier alpha value is -2.68. The summed E-state index contributed by atoms with van der Waals surface area (Å²) in [7, 11) is 0. The first kappa shape index (κ1) is 15.8. The first-order valence-corrected chi connectivity index (χ1v) is 8.42. The predicted molar refractivity (Wildman–Crippen MR) is 85.6 cm³/mol. The van der Waals surface area contributed by atoms with Crippen molar-refractivity contribution in [3.8, 4) is 22.1 Å². The lowest BCUT2D eigenvalue weighted by Crippen LogP contribution is -2.55. The first-order chi connectivity index (χ1) is 12.0. The van der Waals surface area contributed by atoms with Gasteiger partial charge < -0.3 is 19.5 Å². The number of aliphatic carboxylic acids is 1. The SMILES string of the molecule is O=C(O)C(F)C1CN(C(=O)c2csc(-c3ccc4c(c3)OCO4)n2)C1. The van der Waals surface area contributed by atoms with Gasteiger partial charge in [-0.15, -0.1) is 11.3 Å². The molecule has 7 nitrogen and oxygen atoms in total. The molecule has 1 N–H and O–H groups in total. The highest BCUT2D eigenvalue weighted by Gasteiger charge is 2.40. The Kier molecular flexibility index (Phi) is 3.79. The fourth-order valence-corrected chi connectivity index (χ4v) is 3.55. The van der Waals surface area contributed by atoms with E-state index in [1.807, 2.05) is 6.07 Å². The highest BCUT2D eigenvalue weighted by molar-refractivity contribution is 7.13. The summed E-state index contributed by atoms with van der Waals surface area (Å²) in [4.78, 5) is 28.7. The molecule has 2 aliphatic rings. The van der Waals surface area contributed by atoms with Crippen LogP contribution in [-0.4, -0.2) is 52.9 Å². The zero-order valence-corrected chi connectivity index (χ0v) is 13.7. The molecule has 0 saturated carbocycles. The van der Waals surface area contributed by atoms with Gasteiger partial charge in [0.1, 0.15) is 10.7 Å². The summed E-state index contributed by atoms with van der Waals surface area (Å²) in [5.41, 5.74) is 1.08. The molecule has 1 saturated heterocycles. The van der Waals surface area contributed by atoms with Crippen molar-refractivity contribution in [2.24, 2.45) is 5.92 Å². The predicted octanol–water partition coefficient (Wildman–Crippen LogP) is 2.03. The lowest BCUT2D eigenvalue weighted by Gasteiger charge is -2.39. The maximum absolute atomic E-state index is 13.4. The molecule has 0 radical (unpaired) electrons. The number of carbonyl (C=O) groups excluding carboxylic acids is 1. The number of aromatic nitrogens is 1. The number of hydrogen-bond acceptors (Lipinski definition) is 6. The number of likely N-dealkylation sites (tertiary alicyclic amines) is 1. The zero-order valence-electron chi connectivity index (χ0n) is 12.8. The van der Waals surface area contributed by atoms with Crippen LogP contribution in [0, 0.1) is 5.92 Å². The first-order valence-electron chi connectivity index (χ1n) is 7.54. The average molecular weight is 364 g/mol. The van der Waals surface area contributed by atoms with Crippen molar-refractivity contribution in [3.05, 3.63) is 29.3 Å². The summed E-state index contributed by atoms with van der Waals surface area (Å²) in [6, 6.07) is 5.42. The Morgan fingerprint density at radius 2 is 2.08 bits per heavy atom. The lowest BCUT2D eigenvalue weighted by molar-refractivity contribution is -0.147. The van der Waals surface area contributed by atoms with E-state index < -0.39 is 18.1 Å². The summed E-state index contributed by atoms with van der Waals surface area (Å²) < 4.78 is 24.0. The van der Waals surface area contributed by atoms with Crippen LogP contribution >= 0.6 is 11.3 Å². The number of ether oxygens (including phenoxy) is 2. The molecule has 130 valence electrons. The fraction of sp³-hybridized carbons (Fsp3) is 0.312. The number of thiazole rings is 1. The molecule has 0 spiro atoms. The highest BCUT2D eigenvalue weighted by Crippen LogP contribution is 2.37. The Bertz CT molecular complexity index is 849. The molecule has 0 aliphatic carbocycles. The van der Waals surface area contributed by atoms with E-state index in [2.05, 4.69) is 4.98 Å². The molecule has 1 fully saturated rings. The van der Waals surface area contributed by atoms with Gasteiger partial charge >= 0.3 is 5.97 Å². The second-order valence-electron chi connectivity index (χ2n) is 5.82. The van der Waals surface area contributed by atoms with Gasteiger partial charge in [-0.3, -0.25) is 4.79 Å². The number of carbonyl (C=O) groups is 2. The topological polar surface area (TPSA) is 89.0 Å². The smallest absolute Gasteiger partial charge is 0.338 e. The average Bonchev–Trinajstić information content (AvgIpc) is 3.21. The highest BCUT2D eigenvalue weighted by atomic mass is 32.1. The maximum atomic E-state index is 13.4. The molecule has 2 aliphatic heterocycles. The number of halogens is 1. The summed E-state index contributed by atoms with van der Waals surface area (Å²) >= 11 is 1.32. The van der Waals surface area contributed by atoms with Crippen LogP contribution in [0.5, 0.6) is 11.5 Å². The quantitative estimate of drug-likeness (QED) is 0.893. The molecule has 1 aromatic carbocycles. The van der Waals surface area contributed by atoms with E-state index in [0.29, 0.717) is 16.5 Å². The number of fused-ring (bicyclic) bond motifs is 1. The van der Waals surface area contributed by atoms with Gasteiger partial charge in [-0.1, -0.05) is 0 Å². The summed E-state index contributed by atoms with van der Waals surface area (Å²) in [5, 5.41) is 10.9. The van der Waals surface area contributed by atoms with Crippen molar-refractivity contribution >= 4 is 23.2 Å². The third-order valence-electron chi connectivity index (χ3n) is 4.19. The van der Waals surface area contributed by atoms with Crippen molar-refractivity contribution in [2.45, 2.75) is 6.17 Å². The van der Waals surface area contributed by atoms with Crippen molar-refractivity contribution < 1.29 is 28.6 Å². The van der Waals surface area contributed by atoms with Crippen LogP contribution < -0.4 is 9.47 Å². The van der Waals surface area contributed by atoms with E-state index in [4.69, 9.17) is 14.6 Å². The van der Waals surface area contributed by atoms with Crippen LogP contribution in [0.1, 0.15) is 10.5 Å². The van der Waals surface area contributed by atoms with Crippen LogP contribution in [0.25, 0.3) is 10.6 Å². The van der Waals surface area contributed by atoms with Crippen molar-refractivity contribution in [1.29, 1.82) is 0 Å². The third-order valence-corrected chi connectivity index (χ3v) is 5.08. The minimum Gasteiger partial charge on any atom is -0.479 e. The third kappa shape index (κ3) is 2.80. The molecule has 1 unspecified atom stereocenters. The number of carboxylic acid groups (broad SMARTS) is 1. The van der Waals surface area contributed by atoms with E-state index in [9.17, 15) is 14.0 Å². The Labute approximate surface area is 145 Å². The number of carboxylic acids is 1. The number of rotatable bonds is 4. The Morgan fingerprint density at radius 3 is 2.84 bits per heavy atom. The van der Waals surface area contributed by atoms with Gasteiger partial charge in [0.25, 0.3) is 5.91 Å². The molecular weight excluding hydrogens is 351 g/mol. The molecule has 9 heteroatoms. The van der Waals surface area contributed by atoms with Gasteiger partial charge in [0.15, 0.2) is 11.5 Å². The number of amides is 1. The van der Waals surface area contributed by atoms with Crippen LogP contribution in [0.2, 0.25) is 0 Å². The minimum atomic E-state index is -1.94. The van der Waals surface area contributed by atoms with Crippen LogP contribution in [0.3, 0.4) is 0 Å². The Balaban J connectivity index is 1.45. The Morgan fingerprint density at radius 1 is 1.32 bits per heavy atom. The molecular formula is C16H13FN2O5S. The molecule has 1 atom stereocenters. The number of alkyl halides is 1. The van der Waals surface area contributed by atoms with E-state index in [0.717, 1.165) is 5.56 Å². The standard InChI is InChI=1S/C16H13FN2O5S/c17-13(16(21)22)9-4-19(5-9)15(20)10-6-25-14(18-10)8-1-2-11-12(3-8)24-7-23-11/h1-3,6,9,13H,4-5,7H2,(H,21,22). The minimum absolute atomic E-state index is 0.0865. The van der Waals surface area contributed by atoms with Crippen molar-refractivity contribution in [2.75, 3.05) is 19.9 Å². The molecule has 3 heterocycles. The molecule has 1 aromatic heterocycles. The molecule has 25 heavy (non-hydrogen) atoms. The number of hydrogen-bond donors (Lipinski definition) is 1. The monoisotopic (exact) mass is 364 g/mol. The largest absolute Gasteiger partial charge is 0.479 e. The van der Waals surface area contributed by atoms with Crippen molar-refractivity contribution in [3.63, 3.8) is 0 Å². The fourth-order valence-electron chi connectivity index (χ4n) is 2.76. The van der Waals surface area contributed by atoms with Crippen LogP contribution in [0.15, 0.2) is 23.6 Å². The maximum Gasteiger partial charge on any atom is 0.338 e. The second-order valence-corrected chi connectivity index (χ2v) is 6.67.